The molecular weight excluding hydrogens is 92.1 g/mol. The summed E-state index contributed by atoms with van der Waals surface area (Å²) in [5, 5.41) is 1.69. The second-order valence-electron chi connectivity index (χ2n) is 0.867. The molecule has 7 heavy (non-hydrogen) atoms. The van der Waals surface area contributed by atoms with Crippen molar-refractivity contribution >= 4 is 0 Å². The maximum absolute atomic E-state index is 10.3. The van der Waals surface area contributed by atoms with E-state index in [1.165, 1.54) is 0 Å². The minimum absolute atomic E-state index is 0.347. The van der Waals surface area contributed by atoms with Crippen LogP contribution in [0.4, 0.5) is 0 Å². The number of rotatable bonds is 1. The standard InChI is InChI=1S/C4H8N2O/c7-5-6-3-1-2-4-6/h1-4H2/i1D2,2D2,3D2,4D2. The van der Waals surface area contributed by atoms with Crippen LogP contribution in [0.15, 0.2) is 5.29 Å². The van der Waals surface area contributed by atoms with Crippen molar-refractivity contribution in [2.45, 2.75) is 12.7 Å². The molecule has 3 heteroatoms. The highest BCUT2D eigenvalue weighted by molar-refractivity contribution is 4.59. The van der Waals surface area contributed by atoms with Crippen LogP contribution in [0.5, 0.6) is 0 Å². The zero-order valence-electron chi connectivity index (χ0n) is 11.3. The van der Waals surface area contributed by atoms with Crippen LogP contribution in [0.1, 0.15) is 23.7 Å². The average molecular weight is 108 g/mol. The molecule has 40 valence electrons. The minimum atomic E-state index is -3.18. The topological polar surface area (TPSA) is 32.7 Å². The fraction of sp³-hybridized carbons (Fsp3) is 1.00. The van der Waals surface area contributed by atoms with Gasteiger partial charge in [-0.25, -0.2) is 0 Å². The largest absolute Gasteiger partial charge is 0.261 e. The van der Waals surface area contributed by atoms with Crippen LogP contribution in [0.2, 0.25) is 0 Å². The van der Waals surface area contributed by atoms with Crippen LogP contribution >= 0.6 is 0 Å². The molecular formula is C4H8N2O. The first kappa shape index (κ1) is 0.900. The van der Waals surface area contributed by atoms with Crippen molar-refractivity contribution in [3.8, 4) is 0 Å². The van der Waals surface area contributed by atoms with E-state index < -0.39 is 25.7 Å². The predicted octanol–water partition coefficient (Wildman–Crippen LogP) is 0.764. The van der Waals surface area contributed by atoms with Crippen LogP contribution in [0.25, 0.3) is 0 Å². The van der Waals surface area contributed by atoms with E-state index in [0.717, 1.165) is 0 Å². The fourth-order valence-corrected chi connectivity index (χ4v) is 0.231. The number of hydrogen-bond donors (Lipinski definition) is 0. The van der Waals surface area contributed by atoms with Crippen molar-refractivity contribution in [2.24, 2.45) is 5.29 Å². The van der Waals surface area contributed by atoms with Crippen LogP contribution in [0, 0.1) is 4.91 Å². The zero-order valence-corrected chi connectivity index (χ0v) is 3.30. The molecule has 0 aromatic carbocycles. The molecule has 0 aromatic heterocycles. The van der Waals surface area contributed by atoms with Gasteiger partial charge in [-0.15, -0.1) is 4.91 Å². The third-order valence-corrected chi connectivity index (χ3v) is 0.468. The summed E-state index contributed by atoms with van der Waals surface area (Å²) in [6.07, 6.45) is -6.37. The van der Waals surface area contributed by atoms with Gasteiger partial charge in [0.25, 0.3) is 0 Å². The summed E-state index contributed by atoms with van der Waals surface area (Å²) in [6.45, 7) is -6.27. The Morgan fingerprint density at radius 3 is 2.43 bits per heavy atom. The van der Waals surface area contributed by atoms with E-state index in [1.54, 1.807) is 0 Å². The average Bonchev–Trinajstić information content (AvgIpc) is 2.07. The summed E-state index contributed by atoms with van der Waals surface area (Å²) >= 11 is 0. The van der Waals surface area contributed by atoms with E-state index in [2.05, 4.69) is 0 Å². The number of hydrogen-bond acceptors (Lipinski definition) is 2. The summed E-state index contributed by atoms with van der Waals surface area (Å²) in [4.78, 5) is 10.3. The molecule has 3 nitrogen and oxygen atoms in total. The van der Waals surface area contributed by atoms with Gasteiger partial charge in [0.05, 0.1) is 10.8 Å². The SMILES string of the molecule is [2H]C1([2H])N(N=O)C([2H])([2H])C([2H])([2H])C1([2H])[2H]. The molecule has 1 rings (SSSR count). The van der Waals surface area contributed by atoms with Crippen molar-refractivity contribution in [1.82, 2.24) is 5.01 Å². The molecule has 1 saturated heterocycles. The lowest BCUT2D eigenvalue weighted by Gasteiger charge is -2.00. The van der Waals surface area contributed by atoms with Crippen molar-refractivity contribution < 1.29 is 11.0 Å². The summed E-state index contributed by atoms with van der Waals surface area (Å²) in [5.74, 6) is 0. The van der Waals surface area contributed by atoms with Crippen LogP contribution in [-0.4, -0.2) is 18.0 Å². The van der Waals surface area contributed by atoms with Gasteiger partial charge in [-0.2, -0.15) is 0 Å². The molecule has 0 spiro atoms. The smallest absolute Gasteiger partial charge is 0.0523 e. The van der Waals surface area contributed by atoms with E-state index in [1.807, 2.05) is 5.29 Å². The molecule has 0 N–H and O–H groups in total. The van der Waals surface area contributed by atoms with Crippen molar-refractivity contribution in [2.75, 3.05) is 13.0 Å². The summed E-state index contributed by atoms with van der Waals surface area (Å²) in [6, 6.07) is 0. The molecule has 0 radical (unpaired) electrons. The molecule has 1 aliphatic rings. The van der Waals surface area contributed by atoms with E-state index in [-0.39, 0.29) is 5.01 Å². The second kappa shape index (κ2) is 1.91. The number of nitroso groups, excluding NO2 is 1. The van der Waals surface area contributed by atoms with Gasteiger partial charge in [0.1, 0.15) is 0 Å². The van der Waals surface area contributed by atoms with Gasteiger partial charge in [-0.05, 0) is 12.7 Å². The molecule has 0 atom stereocenters. The lowest BCUT2D eigenvalue weighted by Crippen LogP contribution is -2.08. The Kier molecular flexibility index (Phi) is 0.245. The lowest BCUT2D eigenvalue weighted by atomic mass is 10.4. The highest BCUT2D eigenvalue weighted by Crippen LogP contribution is 2.05. The molecule has 0 saturated carbocycles. The third-order valence-electron chi connectivity index (χ3n) is 0.468. The Bertz CT molecular complexity index is 275. The normalized spacial score (nSPS) is 66.0. The summed E-state index contributed by atoms with van der Waals surface area (Å²) in [5.41, 5.74) is 0. The molecule has 1 fully saturated rings. The quantitative estimate of drug-likeness (QED) is 0.465. The van der Waals surface area contributed by atoms with Crippen LogP contribution in [0.3, 0.4) is 0 Å². The van der Waals surface area contributed by atoms with Crippen molar-refractivity contribution in [3.05, 3.63) is 4.91 Å². The summed E-state index contributed by atoms with van der Waals surface area (Å²) in [7, 11) is 0. The van der Waals surface area contributed by atoms with Gasteiger partial charge in [-0.3, -0.25) is 5.01 Å². The van der Waals surface area contributed by atoms with E-state index in [4.69, 9.17) is 11.0 Å². The summed E-state index contributed by atoms with van der Waals surface area (Å²) < 4.78 is 57.7. The molecule has 0 unspecified atom stereocenters. The highest BCUT2D eigenvalue weighted by atomic mass is 16.3. The second-order valence-corrected chi connectivity index (χ2v) is 0.867. The first-order valence-electron chi connectivity index (χ1n) is 5.58. The van der Waals surface area contributed by atoms with E-state index in [9.17, 15) is 4.91 Å². The zero-order chi connectivity index (χ0) is 12.3. The molecule has 1 aliphatic heterocycles. The van der Waals surface area contributed by atoms with E-state index in [0.29, 0.717) is 0 Å². The van der Waals surface area contributed by atoms with Crippen LogP contribution in [-0.2, 0) is 0 Å². The van der Waals surface area contributed by atoms with Gasteiger partial charge in [0, 0.05) is 18.5 Å². The van der Waals surface area contributed by atoms with Crippen molar-refractivity contribution in [3.63, 3.8) is 0 Å². The molecule has 0 bridgehead atoms. The van der Waals surface area contributed by atoms with Gasteiger partial charge < -0.3 is 0 Å². The first-order valence-corrected chi connectivity index (χ1v) is 1.58. The molecule has 0 aromatic rings. The van der Waals surface area contributed by atoms with E-state index >= 15 is 0 Å². The predicted molar refractivity (Wildman–Crippen MR) is 26.6 cm³/mol. The van der Waals surface area contributed by atoms with Crippen molar-refractivity contribution in [1.29, 1.82) is 0 Å². The molecule has 0 amide bonds. The van der Waals surface area contributed by atoms with Crippen LogP contribution < -0.4 is 0 Å². The van der Waals surface area contributed by atoms with Gasteiger partial charge >= 0.3 is 0 Å². The maximum Gasteiger partial charge on any atom is 0.0523 e. The highest BCUT2D eigenvalue weighted by Gasteiger charge is 2.08. The third kappa shape index (κ3) is 0.885. The Balaban J connectivity index is 3.46. The number of nitrogens with zero attached hydrogens (tertiary/aromatic N) is 2. The van der Waals surface area contributed by atoms with Gasteiger partial charge in [0.2, 0.25) is 0 Å². The Morgan fingerprint density at radius 1 is 1.57 bits per heavy atom. The Morgan fingerprint density at radius 2 is 2.14 bits per heavy atom. The molecule has 0 aliphatic carbocycles. The lowest BCUT2D eigenvalue weighted by molar-refractivity contribution is 0.355. The van der Waals surface area contributed by atoms with Gasteiger partial charge in [0.15, 0.2) is 0 Å². The minimum Gasteiger partial charge on any atom is -0.261 e. The Labute approximate surface area is 53.5 Å². The fourth-order valence-electron chi connectivity index (χ4n) is 0.231. The first-order chi connectivity index (χ1) is 6.44. The monoisotopic (exact) mass is 108 g/mol. The Hall–Kier alpha value is -0.600. The van der Waals surface area contributed by atoms with Gasteiger partial charge in [-0.1, -0.05) is 0 Å². The maximum atomic E-state index is 10.3. The molecule has 1 heterocycles.